The number of halogens is 1. The fraction of sp³-hybridized carbons (Fsp3) is 0.176. The van der Waals surface area contributed by atoms with E-state index in [9.17, 15) is 22.4 Å². The number of carbonyl (C=O) groups excluding carboxylic acids is 2. The summed E-state index contributed by atoms with van der Waals surface area (Å²) < 4.78 is 44.4. The van der Waals surface area contributed by atoms with Crippen molar-refractivity contribution in [1.29, 1.82) is 0 Å². The summed E-state index contributed by atoms with van der Waals surface area (Å²) in [5, 5.41) is 2.44. The molecule has 26 heavy (non-hydrogen) atoms. The summed E-state index contributed by atoms with van der Waals surface area (Å²) in [5.74, 6) is -1.84. The SMILES string of the molecule is COC(=O)c1ccccc1NC(=O)CNS(=O)(=O)c1ccc(F)c(C)c1. The second kappa shape index (κ2) is 8.07. The van der Waals surface area contributed by atoms with Gasteiger partial charge in [0.15, 0.2) is 0 Å². The number of nitrogens with one attached hydrogen (secondary N) is 2. The lowest BCUT2D eigenvalue weighted by Gasteiger charge is -2.11. The third-order valence-corrected chi connectivity index (χ3v) is 4.87. The Morgan fingerprint density at radius 1 is 1.15 bits per heavy atom. The molecule has 2 aromatic carbocycles. The molecule has 7 nitrogen and oxygen atoms in total. The summed E-state index contributed by atoms with van der Waals surface area (Å²) in [7, 11) is -2.78. The number of anilines is 1. The number of rotatable bonds is 6. The van der Waals surface area contributed by atoms with E-state index in [1.807, 2.05) is 0 Å². The number of amides is 1. The van der Waals surface area contributed by atoms with Gasteiger partial charge >= 0.3 is 5.97 Å². The molecular weight excluding hydrogens is 363 g/mol. The molecule has 0 saturated heterocycles. The van der Waals surface area contributed by atoms with Crippen LogP contribution >= 0.6 is 0 Å². The fourth-order valence-electron chi connectivity index (χ4n) is 2.10. The van der Waals surface area contributed by atoms with Gasteiger partial charge < -0.3 is 10.1 Å². The maximum Gasteiger partial charge on any atom is 0.339 e. The number of sulfonamides is 1. The van der Waals surface area contributed by atoms with E-state index in [0.29, 0.717) is 0 Å². The second-order valence-electron chi connectivity index (χ2n) is 5.32. The van der Waals surface area contributed by atoms with E-state index in [1.54, 1.807) is 12.1 Å². The van der Waals surface area contributed by atoms with Crippen LogP contribution in [0.2, 0.25) is 0 Å². The Bertz CT molecular complexity index is 944. The van der Waals surface area contributed by atoms with Gasteiger partial charge in [0.25, 0.3) is 0 Å². The molecule has 138 valence electrons. The molecule has 1 amide bonds. The summed E-state index contributed by atoms with van der Waals surface area (Å²) in [6.45, 7) is 0.874. The largest absolute Gasteiger partial charge is 0.465 e. The van der Waals surface area contributed by atoms with Gasteiger partial charge in [-0.05, 0) is 42.8 Å². The van der Waals surface area contributed by atoms with Gasteiger partial charge in [-0.3, -0.25) is 4.79 Å². The van der Waals surface area contributed by atoms with Crippen LogP contribution < -0.4 is 10.0 Å². The van der Waals surface area contributed by atoms with Crippen LogP contribution in [0.5, 0.6) is 0 Å². The van der Waals surface area contributed by atoms with E-state index in [4.69, 9.17) is 0 Å². The van der Waals surface area contributed by atoms with Crippen LogP contribution in [0.1, 0.15) is 15.9 Å². The quantitative estimate of drug-likeness (QED) is 0.745. The Kier molecular flexibility index (Phi) is 6.06. The first-order valence-corrected chi connectivity index (χ1v) is 8.96. The van der Waals surface area contributed by atoms with E-state index in [1.165, 1.54) is 32.2 Å². The van der Waals surface area contributed by atoms with Gasteiger partial charge in [0.05, 0.1) is 29.8 Å². The molecule has 0 aliphatic carbocycles. The van der Waals surface area contributed by atoms with Crippen LogP contribution in [0, 0.1) is 12.7 Å². The minimum atomic E-state index is -3.99. The third kappa shape index (κ3) is 4.64. The first kappa shape index (κ1) is 19.5. The highest BCUT2D eigenvalue weighted by atomic mass is 32.2. The number of hydrogen-bond acceptors (Lipinski definition) is 5. The van der Waals surface area contributed by atoms with Crippen molar-refractivity contribution in [1.82, 2.24) is 4.72 Å². The Labute approximate surface area is 150 Å². The molecule has 0 radical (unpaired) electrons. The zero-order valence-electron chi connectivity index (χ0n) is 14.1. The number of ether oxygens (including phenoxy) is 1. The highest BCUT2D eigenvalue weighted by Crippen LogP contribution is 2.16. The van der Waals surface area contributed by atoms with Crippen molar-refractivity contribution in [2.45, 2.75) is 11.8 Å². The molecule has 0 fully saturated rings. The summed E-state index contributed by atoms with van der Waals surface area (Å²) in [6.07, 6.45) is 0. The molecule has 0 spiro atoms. The van der Waals surface area contributed by atoms with Gasteiger partial charge in [0.2, 0.25) is 15.9 Å². The van der Waals surface area contributed by atoms with Crippen LogP contribution in [-0.2, 0) is 19.6 Å². The average Bonchev–Trinajstić information content (AvgIpc) is 2.62. The van der Waals surface area contributed by atoms with Crippen molar-refractivity contribution in [3.8, 4) is 0 Å². The summed E-state index contributed by atoms with van der Waals surface area (Å²) in [5.41, 5.74) is 0.505. The molecule has 0 atom stereocenters. The first-order chi connectivity index (χ1) is 12.2. The average molecular weight is 380 g/mol. The van der Waals surface area contributed by atoms with Crippen molar-refractivity contribution in [3.63, 3.8) is 0 Å². The number of carbonyl (C=O) groups is 2. The van der Waals surface area contributed by atoms with Crippen LogP contribution in [0.15, 0.2) is 47.4 Å². The molecule has 0 heterocycles. The number of hydrogen-bond donors (Lipinski definition) is 2. The number of para-hydroxylation sites is 1. The van der Waals surface area contributed by atoms with E-state index in [-0.39, 0.29) is 21.7 Å². The van der Waals surface area contributed by atoms with Crippen LogP contribution in [0.3, 0.4) is 0 Å². The molecular formula is C17H17FN2O5S. The Hall–Kier alpha value is -2.78. The van der Waals surface area contributed by atoms with Gasteiger partial charge in [-0.15, -0.1) is 0 Å². The van der Waals surface area contributed by atoms with Gasteiger partial charge in [-0.1, -0.05) is 12.1 Å². The Balaban J connectivity index is 2.07. The number of esters is 1. The molecule has 0 unspecified atom stereocenters. The normalized spacial score (nSPS) is 11.0. The van der Waals surface area contributed by atoms with Crippen LogP contribution in [0.25, 0.3) is 0 Å². The molecule has 2 N–H and O–H groups in total. The number of methoxy groups -OCH3 is 1. The molecule has 0 bridgehead atoms. The third-order valence-electron chi connectivity index (χ3n) is 3.47. The van der Waals surface area contributed by atoms with Gasteiger partial charge in [0.1, 0.15) is 5.82 Å². The van der Waals surface area contributed by atoms with Crippen molar-refractivity contribution in [2.75, 3.05) is 19.0 Å². The van der Waals surface area contributed by atoms with Gasteiger partial charge in [0, 0.05) is 0 Å². The predicted molar refractivity (Wildman–Crippen MR) is 92.7 cm³/mol. The summed E-state index contributed by atoms with van der Waals surface area (Å²) >= 11 is 0. The first-order valence-electron chi connectivity index (χ1n) is 7.47. The molecule has 0 saturated carbocycles. The fourth-order valence-corrected chi connectivity index (χ4v) is 3.17. The topological polar surface area (TPSA) is 102 Å². The summed E-state index contributed by atoms with van der Waals surface area (Å²) in [6, 6.07) is 9.47. The lowest BCUT2D eigenvalue weighted by molar-refractivity contribution is -0.115. The zero-order chi connectivity index (χ0) is 19.3. The molecule has 2 rings (SSSR count). The molecule has 9 heteroatoms. The lowest BCUT2D eigenvalue weighted by Crippen LogP contribution is -2.33. The monoisotopic (exact) mass is 380 g/mol. The van der Waals surface area contributed by atoms with Gasteiger partial charge in [-0.2, -0.15) is 0 Å². The number of aryl methyl sites for hydroxylation is 1. The minimum absolute atomic E-state index is 0.139. The zero-order valence-corrected chi connectivity index (χ0v) is 14.9. The highest BCUT2D eigenvalue weighted by molar-refractivity contribution is 7.89. The van der Waals surface area contributed by atoms with Crippen LogP contribution in [0.4, 0.5) is 10.1 Å². The predicted octanol–water partition coefficient (Wildman–Crippen LogP) is 1.84. The summed E-state index contributed by atoms with van der Waals surface area (Å²) in [4.78, 5) is 23.5. The highest BCUT2D eigenvalue weighted by Gasteiger charge is 2.18. The maximum absolute atomic E-state index is 13.3. The second-order valence-corrected chi connectivity index (χ2v) is 7.09. The van der Waals surface area contributed by atoms with Crippen LogP contribution in [-0.4, -0.2) is 33.9 Å². The molecule has 0 aromatic heterocycles. The Morgan fingerprint density at radius 2 is 1.85 bits per heavy atom. The lowest BCUT2D eigenvalue weighted by atomic mass is 10.2. The molecule has 0 aliphatic heterocycles. The van der Waals surface area contributed by atoms with Crippen molar-refractivity contribution in [2.24, 2.45) is 0 Å². The molecule has 2 aromatic rings. The van der Waals surface area contributed by atoms with Crippen molar-refractivity contribution in [3.05, 3.63) is 59.4 Å². The van der Waals surface area contributed by atoms with Crippen molar-refractivity contribution >= 4 is 27.6 Å². The minimum Gasteiger partial charge on any atom is -0.465 e. The van der Waals surface area contributed by atoms with E-state index in [0.717, 1.165) is 12.1 Å². The Morgan fingerprint density at radius 3 is 2.50 bits per heavy atom. The van der Waals surface area contributed by atoms with E-state index >= 15 is 0 Å². The maximum atomic E-state index is 13.3. The van der Waals surface area contributed by atoms with Crippen molar-refractivity contribution < 1.29 is 27.1 Å². The number of benzene rings is 2. The van der Waals surface area contributed by atoms with Gasteiger partial charge in [-0.25, -0.2) is 22.3 Å². The van der Waals surface area contributed by atoms with E-state index in [2.05, 4.69) is 14.8 Å². The smallest absolute Gasteiger partial charge is 0.339 e. The molecule has 0 aliphatic rings. The van der Waals surface area contributed by atoms with E-state index < -0.39 is 34.3 Å². The standard InChI is InChI=1S/C17H17FN2O5S/c1-11-9-12(7-8-14(11)18)26(23,24)19-10-16(21)20-15-6-4-3-5-13(15)17(22)25-2/h3-9,19H,10H2,1-2H3,(H,20,21).